The minimum Gasteiger partial charge on any atom is -0.354 e. The van der Waals surface area contributed by atoms with Crippen molar-refractivity contribution in [3.8, 4) is 33.4 Å². The zero-order valence-corrected chi connectivity index (χ0v) is 18.5. The lowest BCUT2D eigenvalue weighted by molar-refractivity contribution is 1.53. The normalized spacial score (nSPS) is 10.7. The van der Waals surface area contributed by atoms with Crippen molar-refractivity contribution < 1.29 is 0 Å². The van der Waals surface area contributed by atoms with Crippen LogP contribution >= 0.6 is 0 Å². The second kappa shape index (κ2) is 9.02. The number of hydrogen-bond donors (Lipinski definition) is 1. The summed E-state index contributed by atoms with van der Waals surface area (Å²) in [4.78, 5) is 3.73. The van der Waals surface area contributed by atoms with E-state index in [4.69, 9.17) is 0 Å². The van der Waals surface area contributed by atoms with Crippen LogP contribution < -0.4 is 0 Å². The van der Waals surface area contributed by atoms with E-state index in [1.807, 2.05) is 0 Å². The van der Waals surface area contributed by atoms with Crippen LogP contribution in [0.3, 0.4) is 0 Å². The van der Waals surface area contributed by atoms with Gasteiger partial charge < -0.3 is 4.98 Å². The van der Waals surface area contributed by atoms with Gasteiger partial charge in [0.05, 0.1) is 5.52 Å². The number of nitrogens with one attached hydrogen (secondary N) is 1. The molecule has 1 N–H and O–H groups in total. The quantitative estimate of drug-likeness (QED) is 0.273. The molecule has 0 amide bonds. The van der Waals surface area contributed by atoms with Gasteiger partial charge in [0.15, 0.2) is 0 Å². The van der Waals surface area contributed by atoms with Crippen LogP contribution in [0.4, 0.5) is 0 Å². The molecule has 0 saturated carbocycles. The van der Waals surface area contributed by atoms with Gasteiger partial charge in [-0.15, -0.1) is 13.2 Å². The van der Waals surface area contributed by atoms with Crippen LogP contribution in [-0.2, 0) is 0 Å². The molecule has 1 nitrogen and oxygen atoms in total. The fraction of sp³-hybridized carbons (Fsp3) is 0. The first kappa shape index (κ1) is 20.5. The zero-order valence-electron chi connectivity index (χ0n) is 18.5. The zero-order chi connectivity index (χ0) is 22.6. The molecule has 0 unspecified atom stereocenters. The molecule has 0 aliphatic carbocycles. The average Bonchev–Trinajstić information content (AvgIpc) is 3.30. The van der Waals surface area contributed by atoms with Gasteiger partial charge in [-0.05, 0) is 39.9 Å². The molecule has 1 heterocycles. The molecular formula is C32H25N. The van der Waals surface area contributed by atoms with E-state index >= 15 is 0 Å². The van der Waals surface area contributed by atoms with E-state index in [1.165, 1.54) is 49.7 Å². The van der Waals surface area contributed by atoms with Crippen LogP contribution in [0.1, 0.15) is 0 Å². The van der Waals surface area contributed by atoms with Gasteiger partial charge in [-0.3, -0.25) is 0 Å². The highest BCUT2D eigenvalue weighted by Crippen LogP contribution is 2.40. The first-order chi connectivity index (χ1) is 16.4. The highest BCUT2D eigenvalue weighted by atomic mass is 14.7. The third kappa shape index (κ3) is 3.75. The second-order valence-electron chi connectivity index (χ2n) is 7.89. The molecule has 33 heavy (non-hydrogen) atoms. The van der Waals surface area contributed by atoms with Gasteiger partial charge in [-0.1, -0.05) is 109 Å². The minimum atomic E-state index is 1.16. The van der Waals surface area contributed by atoms with Crippen LogP contribution in [0, 0.1) is 0 Å². The molecular weight excluding hydrogens is 398 g/mol. The fourth-order valence-corrected chi connectivity index (χ4v) is 4.53. The van der Waals surface area contributed by atoms with Gasteiger partial charge in [0.2, 0.25) is 0 Å². The monoisotopic (exact) mass is 423 g/mol. The van der Waals surface area contributed by atoms with Crippen LogP contribution in [0.25, 0.3) is 55.2 Å². The van der Waals surface area contributed by atoms with E-state index in [0.717, 1.165) is 5.52 Å². The summed E-state index contributed by atoms with van der Waals surface area (Å²) in [5.74, 6) is 0. The molecule has 0 spiro atoms. The van der Waals surface area contributed by atoms with Gasteiger partial charge >= 0.3 is 0 Å². The van der Waals surface area contributed by atoms with Crippen LogP contribution in [-0.4, -0.2) is 4.98 Å². The molecule has 5 aromatic carbocycles. The van der Waals surface area contributed by atoms with E-state index < -0.39 is 0 Å². The standard InChI is InChI=1S/C30H21N.C2H4/c1-4-10-21(11-5-1)24-16-19-28-27(20-24)29-25(22-12-6-2-7-13-22)17-18-26(30(29)31-28)23-14-8-3-9-15-23;1-2/h1-20,31H;1-2H2. The molecule has 0 atom stereocenters. The molecule has 0 radical (unpaired) electrons. The maximum absolute atomic E-state index is 3.73. The number of aromatic nitrogens is 1. The molecule has 6 aromatic rings. The largest absolute Gasteiger partial charge is 0.354 e. The van der Waals surface area contributed by atoms with E-state index in [0.29, 0.717) is 0 Å². The molecule has 0 bridgehead atoms. The topological polar surface area (TPSA) is 15.8 Å². The van der Waals surface area contributed by atoms with Crippen LogP contribution in [0.5, 0.6) is 0 Å². The molecule has 0 saturated heterocycles. The Balaban J connectivity index is 0.00000111. The molecule has 6 rings (SSSR count). The first-order valence-electron chi connectivity index (χ1n) is 11.1. The van der Waals surface area contributed by atoms with Gasteiger partial charge in [-0.2, -0.15) is 0 Å². The van der Waals surface area contributed by atoms with Gasteiger partial charge in [0.25, 0.3) is 0 Å². The highest BCUT2D eigenvalue weighted by Gasteiger charge is 2.15. The average molecular weight is 424 g/mol. The Morgan fingerprint density at radius 2 is 0.970 bits per heavy atom. The summed E-state index contributed by atoms with van der Waals surface area (Å²) < 4.78 is 0. The number of hydrogen-bond acceptors (Lipinski definition) is 0. The third-order valence-electron chi connectivity index (χ3n) is 6.03. The SMILES string of the molecule is C=C.c1ccc(-c2ccc3[nH]c4c(-c5ccccc5)ccc(-c5ccccc5)c4c3c2)cc1. The van der Waals surface area contributed by atoms with Crippen molar-refractivity contribution in [2.24, 2.45) is 0 Å². The van der Waals surface area contributed by atoms with Crippen molar-refractivity contribution in [1.82, 2.24) is 4.98 Å². The van der Waals surface area contributed by atoms with Crippen LogP contribution in [0.15, 0.2) is 134 Å². The second-order valence-corrected chi connectivity index (χ2v) is 7.89. The molecule has 0 fully saturated rings. The van der Waals surface area contributed by atoms with Crippen LogP contribution in [0.2, 0.25) is 0 Å². The van der Waals surface area contributed by atoms with Gasteiger partial charge in [0, 0.05) is 21.9 Å². The lowest BCUT2D eigenvalue weighted by Gasteiger charge is -2.10. The highest BCUT2D eigenvalue weighted by molar-refractivity contribution is 6.18. The number of aromatic amines is 1. The molecule has 0 aliphatic heterocycles. The summed E-state index contributed by atoms with van der Waals surface area (Å²) in [5, 5.41) is 2.54. The Morgan fingerprint density at radius 1 is 0.455 bits per heavy atom. The first-order valence-corrected chi connectivity index (χ1v) is 11.1. The molecule has 0 aliphatic rings. The number of H-pyrrole nitrogens is 1. The Kier molecular flexibility index (Phi) is 5.61. The summed E-state index contributed by atoms with van der Waals surface area (Å²) in [6.45, 7) is 6.00. The molecule has 1 heteroatoms. The predicted octanol–water partition coefficient (Wildman–Crippen LogP) is 9.12. The Morgan fingerprint density at radius 3 is 1.58 bits per heavy atom. The Bertz CT molecular complexity index is 1510. The lowest BCUT2D eigenvalue weighted by atomic mass is 9.94. The van der Waals surface area contributed by atoms with Crippen molar-refractivity contribution in [2.75, 3.05) is 0 Å². The summed E-state index contributed by atoms with van der Waals surface area (Å²) in [7, 11) is 0. The Hall–Kier alpha value is -4.36. The molecule has 158 valence electrons. The maximum atomic E-state index is 3.73. The van der Waals surface area contributed by atoms with E-state index in [2.05, 4.69) is 139 Å². The Labute approximate surface area is 194 Å². The van der Waals surface area contributed by atoms with Gasteiger partial charge in [-0.25, -0.2) is 0 Å². The van der Waals surface area contributed by atoms with Crippen molar-refractivity contribution in [3.63, 3.8) is 0 Å². The third-order valence-corrected chi connectivity index (χ3v) is 6.03. The maximum Gasteiger partial charge on any atom is 0.0550 e. The van der Waals surface area contributed by atoms with E-state index in [9.17, 15) is 0 Å². The van der Waals surface area contributed by atoms with Gasteiger partial charge in [0.1, 0.15) is 0 Å². The molecule has 1 aromatic heterocycles. The predicted molar refractivity (Wildman–Crippen MR) is 143 cm³/mol. The summed E-state index contributed by atoms with van der Waals surface area (Å²) in [5.41, 5.74) is 9.76. The number of fused-ring (bicyclic) bond motifs is 3. The number of benzene rings is 5. The van der Waals surface area contributed by atoms with Crippen molar-refractivity contribution in [3.05, 3.63) is 134 Å². The summed E-state index contributed by atoms with van der Waals surface area (Å²) in [6, 6.07) is 43.1. The number of rotatable bonds is 3. The smallest absolute Gasteiger partial charge is 0.0550 e. The summed E-state index contributed by atoms with van der Waals surface area (Å²) in [6.07, 6.45) is 0. The van der Waals surface area contributed by atoms with Crippen molar-refractivity contribution in [1.29, 1.82) is 0 Å². The van der Waals surface area contributed by atoms with E-state index in [-0.39, 0.29) is 0 Å². The van der Waals surface area contributed by atoms with E-state index in [1.54, 1.807) is 0 Å². The minimum absolute atomic E-state index is 1.16. The summed E-state index contributed by atoms with van der Waals surface area (Å²) >= 11 is 0. The lowest BCUT2D eigenvalue weighted by Crippen LogP contribution is -1.84. The van der Waals surface area contributed by atoms with Crippen molar-refractivity contribution >= 4 is 21.8 Å². The fourth-order valence-electron chi connectivity index (χ4n) is 4.53. The van der Waals surface area contributed by atoms with Crippen molar-refractivity contribution in [2.45, 2.75) is 0 Å².